The number of carboxylic acids is 1. The van der Waals surface area contributed by atoms with Crippen molar-refractivity contribution in [3.63, 3.8) is 0 Å². The van der Waals surface area contributed by atoms with Gasteiger partial charge in [0.1, 0.15) is 11.1 Å². The van der Waals surface area contributed by atoms with Crippen molar-refractivity contribution in [3.05, 3.63) is 36.3 Å². The zero-order valence-corrected chi connectivity index (χ0v) is 10.7. The topological polar surface area (TPSA) is 54.6 Å². The number of imidazole rings is 1. The van der Waals surface area contributed by atoms with Crippen molar-refractivity contribution in [1.82, 2.24) is 9.38 Å². The van der Waals surface area contributed by atoms with E-state index < -0.39 is 30.1 Å². The van der Waals surface area contributed by atoms with Crippen LogP contribution in [0.2, 0.25) is 0 Å². The number of hydrogen-bond acceptors (Lipinski definition) is 2. The molecule has 20 heavy (non-hydrogen) atoms. The Kier molecular flexibility index (Phi) is 2.77. The maximum atomic E-state index is 13.3. The van der Waals surface area contributed by atoms with E-state index in [9.17, 15) is 18.7 Å². The number of alkyl halides is 2. The van der Waals surface area contributed by atoms with E-state index in [1.54, 1.807) is 35.0 Å². The number of hydrogen-bond donors (Lipinski definition) is 1. The molecule has 3 rings (SSSR count). The first kappa shape index (κ1) is 13.0. The highest BCUT2D eigenvalue weighted by atomic mass is 19.3. The molecule has 0 radical (unpaired) electrons. The Balaban J connectivity index is 2.05. The fraction of sp³-hybridized carbons (Fsp3) is 0.429. The van der Waals surface area contributed by atoms with Gasteiger partial charge in [-0.1, -0.05) is 6.07 Å². The maximum Gasteiger partial charge on any atom is 0.315 e. The van der Waals surface area contributed by atoms with E-state index in [4.69, 9.17) is 0 Å². The van der Waals surface area contributed by atoms with Gasteiger partial charge in [0.05, 0.1) is 5.69 Å². The number of carbonyl (C=O) groups is 1. The highest BCUT2D eigenvalue weighted by molar-refractivity contribution is 5.81. The zero-order chi connectivity index (χ0) is 14.4. The van der Waals surface area contributed by atoms with Crippen LogP contribution in [0.5, 0.6) is 0 Å². The summed E-state index contributed by atoms with van der Waals surface area (Å²) in [6.45, 7) is 0. The van der Waals surface area contributed by atoms with Crippen LogP contribution in [-0.4, -0.2) is 26.4 Å². The van der Waals surface area contributed by atoms with Gasteiger partial charge in [-0.25, -0.2) is 13.8 Å². The lowest BCUT2D eigenvalue weighted by Crippen LogP contribution is -2.43. The third-order valence-corrected chi connectivity index (χ3v) is 4.10. The van der Waals surface area contributed by atoms with Crippen molar-refractivity contribution in [2.24, 2.45) is 0 Å². The molecule has 2 heterocycles. The van der Waals surface area contributed by atoms with Gasteiger partial charge < -0.3 is 9.51 Å². The average Bonchev–Trinajstić information content (AvgIpc) is 2.82. The Morgan fingerprint density at radius 2 is 1.95 bits per heavy atom. The van der Waals surface area contributed by atoms with Crippen molar-refractivity contribution in [3.8, 4) is 0 Å². The molecular formula is C14H14F2N2O2. The molecule has 2 aromatic heterocycles. The third-order valence-electron chi connectivity index (χ3n) is 4.10. The van der Waals surface area contributed by atoms with Gasteiger partial charge in [0.25, 0.3) is 0 Å². The summed E-state index contributed by atoms with van der Waals surface area (Å²) < 4.78 is 28.3. The number of nitrogens with zero attached hydrogens (tertiary/aromatic N) is 2. The van der Waals surface area contributed by atoms with Crippen LogP contribution in [0.1, 0.15) is 31.4 Å². The maximum absolute atomic E-state index is 13.3. The number of fused-ring (bicyclic) bond motifs is 1. The fourth-order valence-electron chi connectivity index (χ4n) is 2.79. The molecule has 2 aromatic rings. The zero-order valence-electron chi connectivity index (χ0n) is 10.7. The Labute approximate surface area is 114 Å². The summed E-state index contributed by atoms with van der Waals surface area (Å²) in [5, 5.41) is 9.54. The normalized spacial score (nSPS) is 20.9. The van der Waals surface area contributed by atoms with Crippen molar-refractivity contribution >= 4 is 11.6 Å². The minimum atomic E-state index is -2.77. The van der Waals surface area contributed by atoms with Crippen LogP contribution >= 0.6 is 0 Å². The van der Waals surface area contributed by atoms with Crippen molar-refractivity contribution in [1.29, 1.82) is 0 Å². The molecule has 0 saturated heterocycles. The number of pyridine rings is 1. The van der Waals surface area contributed by atoms with E-state index in [0.29, 0.717) is 11.3 Å². The molecule has 1 aliphatic rings. The second kappa shape index (κ2) is 4.26. The Morgan fingerprint density at radius 1 is 1.25 bits per heavy atom. The monoisotopic (exact) mass is 280 g/mol. The summed E-state index contributed by atoms with van der Waals surface area (Å²) in [5.41, 5.74) is -0.305. The standard InChI is InChI=1S/C14H14F2N2O2/c15-14(16)6-4-13(5-7-14,12(19)20)10-9-18-8-2-1-3-11(18)17-10/h1-3,8-9H,4-7H2,(H,19,20). The summed E-state index contributed by atoms with van der Waals surface area (Å²) in [7, 11) is 0. The quantitative estimate of drug-likeness (QED) is 0.920. The molecule has 0 bridgehead atoms. The van der Waals surface area contributed by atoms with Crippen molar-refractivity contribution in [2.75, 3.05) is 0 Å². The number of carboxylic acid groups (broad SMARTS) is 1. The fourth-order valence-corrected chi connectivity index (χ4v) is 2.79. The van der Waals surface area contributed by atoms with Crippen LogP contribution < -0.4 is 0 Å². The molecule has 4 nitrogen and oxygen atoms in total. The molecular weight excluding hydrogens is 266 g/mol. The van der Waals surface area contributed by atoms with Gasteiger partial charge in [0.2, 0.25) is 5.92 Å². The summed E-state index contributed by atoms with van der Waals surface area (Å²) >= 11 is 0. The summed E-state index contributed by atoms with van der Waals surface area (Å²) in [6.07, 6.45) is 2.41. The number of aliphatic carboxylic acids is 1. The summed E-state index contributed by atoms with van der Waals surface area (Å²) in [6, 6.07) is 5.37. The number of halogens is 2. The Hall–Kier alpha value is -1.98. The smallest absolute Gasteiger partial charge is 0.315 e. The first-order chi connectivity index (χ1) is 9.43. The number of rotatable bonds is 2. The van der Waals surface area contributed by atoms with Gasteiger partial charge in [0, 0.05) is 25.2 Å². The Morgan fingerprint density at radius 3 is 2.55 bits per heavy atom. The highest BCUT2D eigenvalue weighted by Crippen LogP contribution is 2.45. The predicted octanol–water partition coefficient (Wildman–Crippen LogP) is 2.87. The molecule has 0 unspecified atom stereocenters. The second-order valence-electron chi connectivity index (χ2n) is 5.34. The first-order valence-corrected chi connectivity index (χ1v) is 6.48. The van der Waals surface area contributed by atoms with Crippen LogP contribution in [0.3, 0.4) is 0 Å². The van der Waals surface area contributed by atoms with Crippen LogP contribution in [0.25, 0.3) is 5.65 Å². The molecule has 6 heteroatoms. The minimum absolute atomic E-state index is 0.0841. The predicted molar refractivity (Wildman–Crippen MR) is 67.9 cm³/mol. The largest absolute Gasteiger partial charge is 0.481 e. The van der Waals surface area contributed by atoms with Gasteiger partial charge in [-0.15, -0.1) is 0 Å². The summed E-state index contributed by atoms with van der Waals surface area (Å²) in [4.78, 5) is 16.0. The molecule has 0 atom stereocenters. The van der Waals surface area contributed by atoms with E-state index in [-0.39, 0.29) is 12.8 Å². The van der Waals surface area contributed by atoms with Crippen LogP contribution in [-0.2, 0) is 10.2 Å². The average molecular weight is 280 g/mol. The van der Waals surface area contributed by atoms with E-state index >= 15 is 0 Å². The van der Waals surface area contributed by atoms with Gasteiger partial charge in [-0.05, 0) is 25.0 Å². The summed E-state index contributed by atoms with van der Waals surface area (Å²) in [5.74, 6) is -3.84. The molecule has 0 aromatic carbocycles. The van der Waals surface area contributed by atoms with Crippen LogP contribution in [0.4, 0.5) is 8.78 Å². The van der Waals surface area contributed by atoms with Crippen molar-refractivity contribution in [2.45, 2.75) is 37.0 Å². The van der Waals surface area contributed by atoms with E-state index in [0.717, 1.165) is 0 Å². The molecule has 1 N–H and O–H groups in total. The highest BCUT2D eigenvalue weighted by Gasteiger charge is 2.50. The molecule has 0 amide bonds. The lowest BCUT2D eigenvalue weighted by molar-refractivity contribution is -0.149. The van der Waals surface area contributed by atoms with Gasteiger partial charge >= 0.3 is 5.97 Å². The molecule has 0 spiro atoms. The minimum Gasteiger partial charge on any atom is -0.481 e. The molecule has 1 fully saturated rings. The lowest BCUT2D eigenvalue weighted by Gasteiger charge is -2.35. The van der Waals surface area contributed by atoms with E-state index in [1.165, 1.54) is 0 Å². The third kappa shape index (κ3) is 1.95. The van der Waals surface area contributed by atoms with Gasteiger partial charge in [-0.3, -0.25) is 4.79 Å². The molecule has 106 valence electrons. The van der Waals surface area contributed by atoms with E-state index in [1.807, 2.05) is 0 Å². The molecule has 1 saturated carbocycles. The van der Waals surface area contributed by atoms with Crippen LogP contribution in [0.15, 0.2) is 30.6 Å². The molecule has 0 aliphatic heterocycles. The van der Waals surface area contributed by atoms with E-state index in [2.05, 4.69) is 4.98 Å². The number of aromatic nitrogens is 2. The first-order valence-electron chi connectivity index (χ1n) is 6.48. The van der Waals surface area contributed by atoms with Gasteiger partial charge in [0.15, 0.2) is 0 Å². The Bertz CT molecular complexity index is 623. The second-order valence-corrected chi connectivity index (χ2v) is 5.34. The van der Waals surface area contributed by atoms with Gasteiger partial charge in [-0.2, -0.15) is 0 Å². The SMILES string of the molecule is O=C(O)C1(c2cn3ccccc3n2)CCC(F)(F)CC1. The van der Waals surface area contributed by atoms with Crippen molar-refractivity contribution < 1.29 is 18.7 Å². The molecule has 1 aliphatic carbocycles. The van der Waals surface area contributed by atoms with Crippen LogP contribution in [0, 0.1) is 0 Å². The lowest BCUT2D eigenvalue weighted by atomic mass is 9.71.